The molecule has 0 saturated carbocycles. The molecule has 86 valence electrons. The molecular weight excluding hydrogens is 196 g/mol. The highest BCUT2D eigenvalue weighted by Gasteiger charge is 2.22. The third kappa shape index (κ3) is 2.27. The van der Waals surface area contributed by atoms with E-state index < -0.39 is 0 Å². The Morgan fingerprint density at radius 2 is 2.06 bits per heavy atom. The van der Waals surface area contributed by atoms with Gasteiger partial charge >= 0.3 is 0 Å². The number of likely N-dealkylation sites (tertiary alicyclic amines) is 1. The molecule has 1 unspecified atom stereocenters. The molecule has 0 spiro atoms. The molecule has 1 atom stereocenters. The third-order valence-corrected chi connectivity index (χ3v) is 3.36. The molecule has 0 bridgehead atoms. The number of rotatable bonds is 3. The fourth-order valence-corrected chi connectivity index (χ4v) is 2.17. The van der Waals surface area contributed by atoms with Crippen LogP contribution < -0.4 is 5.32 Å². The first-order valence-electron chi connectivity index (χ1n) is 5.89. The number of nitrogens with one attached hydrogen (secondary N) is 1. The van der Waals surface area contributed by atoms with Crippen molar-refractivity contribution in [3.8, 4) is 0 Å². The predicted molar refractivity (Wildman–Crippen MR) is 69.3 cm³/mol. The molecule has 1 heterocycles. The fourth-order valence-electron chi connectivity index (χ4n) is 2.17. The SMILES string of the molecule is C=C(c1ccc(C)cc1)N1CCC(NC)C1. The van der Waals surface area contributed by atoms with Gasteiger partial charge in [-0.25, -0.2) is 0 Å². The topological polar surface area (TPSA) is 15.3 Å². The summed E-state index contributed by atoms with van der Waals surface area (Å²) in [6.07, 6.45) is 1.21. The van der Waals surface area contributed by atoms with Crippen LogP contribution in [0.3, 0.4) is 0 Å². The minimum Gasteiger partial charge on any atom is -0.370 e. The van der Waals surface area contributed by atoms with Crippen LogP contribution in [0.4, 0.5) is 0 Å². The van der Waals surface area contributed by atoms with Crippen molar-refractivity contribution in [1.82, 2.24) is 10.2 Å². The Labute approximate surface area is 98.0 Å². The molecule has 1 saturated heterocycles. The molecule has 2 rings (SSSR count). The summed E-state index contributed by atoms with van der Waals surface area (Å²) in [6.45, 7) is 8.50. The Morgan fingerprint density at radius 3 is 2.62 bits per heavy atom. The lowest BCUT2D eigenvalue weighted by Gasteiger charge is -2.21. The van der Waals surface area contributed by atoms with Crippen LogP contribution in [0.15, 0.2) is 30.8 Å². The molecule has 1 aliphatic rings. The second kappa shape index (κ2) is 4.71. The second-order valence-electron chi connectivity index (χ2n) is 4.53. The van der Waals surface area contributed by atoms with Crippen molar-refractivity contribution in [3.05, 3.63) is 42.0 Å². The Kier molecular flexibility index (Phi) is 3.30. The van der Waals surface area contributed by atoms with E-state index in [4.69, 9.17) is 0 Å². The van der Waals surface area contributed by atoms with Gasteiger partial charge in [0.2, 0.25) is 0 Å². The van der Waals surface area contributed by atoms with Crippen LogP contribution >= 0.6 is 0 Å². The molecular formula is C14H20N2. The fraction of sp³-hybridized carbons (Fsp3) is 0.429. The van der Waals surface area contributed by atoms with Gasteiger partial charge in [0, 0.05) is 24.8 Å². The number of hydrogen-bond donors (Lipinski definition) is 1. The van der Waals surface area contributed by atoms with E-state index in [1.807, 2.05) is 7.05 Å². The van der Waals surface area contributed by atoms with E-state index in [1.165, 1.54) is 17.5 Å². The number of benzene rings is 1. The molecule has 1 N–H and O–H groups in total. The number of hydrogen-bond acceptors (Lipinski definition) is 2. The monoisotopic (exact) mass is 216 g/mol. The summed E-state index contributed by atoms with van der Waals surface area (Å²) in [7, 11) is 2.03. The molecule has 0 aliphatic carbocycles. The van der Waals surface area contributed by atoms with Gasteiger partial charge in [-0.3, -0.25) is 0 Å². The van der Waals surface area contributed by atoms with Crippen LogP contribution in [-0.2, 0) is 0 Å². The van der Waals surface area contributed by atoms with Gasteiger partial charge in [-0.15, -0.1) is 0 Å². The van der Waals surface area contributed by atoms with Crippen molar-refractivity contribution in [2.45, 2.75) is 19.4 Å². The number of likely N-dealkylation sites (N-methyl/N-ethyl adjacent to an activating group) is 1. The van der Waals surface area contributed by atoms with Gasteiger partial charge in [0.15, 0.2) is 0 Å². The summed E-state index contributed by atoms with van der Waals surface area (Å²) in [6, 6.07) is 9.22. The van der Waals surface area contributed by atoms with Crippen molar-refractivity contribution in [1.29, 1.82) is 0 Å². The maximum Gasteiger partial charge on any atom is 0.0367 e. The number of aryl methyl sites for hydroxylation is 1. The minimum atomic E-state index is 0.613. The summed E-state index contributed by atoms with van der Waals surface area (Å²) in [5.41, 5.74) is 3.69. The minimum absolute atomic E-state index is 0.613. The van der Waals surface area contributed by atoms with Crippen molar-refractivity contribution in [2.75, 3.05) is 20.1 Å². The molecule has 0 amide bonds. The first kappa shape index (κ1) is 11.2. The van der Waals surface area contributed by atoms with E-state index in [2.05, 4.69) is 48.0 Å². The van der Waals surface area contributed by atoms with Crippen molar-refractivity contribution in [3.63, 3.8) is 0 Å². The van der Waals surface area contributed by atoms with Gasteiger partial charge in [0.1, 0.15) is 0 Å². The molecule has 0 radical (unpaired) electrons. The number of nitrogens with zero attached hydrogens (tertiary/aromatic N) is 1. The molecule has 16 heavy (non-hydrogen) atoms. The van der Waals surface area contributed by atoms with Gasteiger partial charge in [-0.1, -0.05) is 36.4 Å². The zero-order valence-corrected chi connectivity index (χ0v) is 10.2. The Balaban J connectivity index is 2.05. The highest BCUT2D eigenvalue weighted by molar-refractivity contribution is 5.62. The Bertz CT molecular complexity index is 367. The summed E-state index contributed by atoms with van der Waals surface area (Å²) in [5.74, 6) is 0. The summed E-state index contributed by atoms with van der Waals surface area (Å²) >= 11 is 0. The maximum absolute atomic E-state index is 4.20. The molecule has 0 aromatic heterocycles. The highest BCUT2D eigenvalue weighted by atomic mass is 15.2. The van der Waals surface area contributed by atoms with Gasteiger partial charge < -0.3 is 10.2 Å². The Hall–Kier alpha value is -1.28. The predicted octanol–water partition coefficient (Wildman–Crippen LogP) is 2.26. The summed E-state index contributed by atoms with van der Waals surface area (Å²) in [4.78, 5) is 2.37. The molecule has 1 aromatic carbocycles. The smallest absolute Gasteiger partial charge is 0.0367 e. The molecule has 2 nitrogen and oxygen atoms in total. The lowest BCUT2D eigenvalue weighted by Crippen LogP contribution is -2.28. The zero-order valence-electron chi connectivity index (χ0n) is 10.2. The van der Waals surface area contributed by atoms with Gasteiger partial charge in [0.25, 0.3) is 0 Å². The lowest BCUT2D eigenvalue weighted by molar-refractivity contribution is 0.472. The average molecular weight is 216 g/mol. The summed E-state index contributed by atoms with van der Waals surface area (Å²) in [5, 5.41) is 3.33. The third-order valence-electron chi connectivity index (χ3n) is 3.36. The van der Waals surface area contributed by atoms with Crippen molar-refractivity contribution >= 4 is 5.70 Å². The molecule has 1 aromatic rings. The van der Waals surface area contributed by atoms with E-state index in [1.54, 1.807) is 0 Å². The van der Waals surface area contributed by atoms with E-state index in [0.717, 1.165) is 18.8 Å². The summed E-state index contributed by atoms with van der Waals surface area (Å²) < 4.78 is 0. The average Bonchev–Trinajstić information content (AvgIpc) is 2.77. The first-order valence-corrected chi connectivity index (χ1v) is 5.89. The van der Waals surface area contributed by atoms with Crippen LogP contribution in [0.1, 0.15) is 17.5 Å². The van der Waals surface area contributed by atoms with Crippen LogP contribution in [0.25, 0.3) is 5.70 Å². The molecule has 1 aliphatic heterocycles. The van der Waals surface area contributed by atoms with Gasteiger partial charge in [0.05, 0.1) is 0 Å². The van der Waals surface area contributed by atoms with Crippen LogP contribution in [-0.4, -0.2) is 31.1 Å². The van der Waals surface area contributed by atoms with E-state index in [0.29, 0.717) is 6.04 Å². The van der Waals surface area contributed by atoms with E-state index in [-0.39, 0.29) is 0 Å². The standard InChI is InChI=1S/C14H20N2/c1-11-4-6-13(7-5-11)12(2)16-9-8-14(10-16)15-3/h4-7,14-15H,2,8-10H2,1,3H3. The van der Waals surface area contributed by atoms with Crippen molar-refractivity contribution < 1.29 is 0 Å². The van der Waals surface area contributed by atoms with Crippen LogP contribution in [0.5, 0.6) is 0 Å². The maximum atomic E-state index is 4.20. The Morgan fingerprint density at radius 1 is 1.38 bits per heavy atom. The van der Waals surface area contributed by atoms with Crippen molar-refractivity contribution in [2.24, 2.45) is 0 Å². The molecule has 2 heteroatoms. The quantitative estimate of drug-likeness (QED) is 0.833. The van der Waals surface area contributed by atoms with Gasteiger partial charge in [-0.05, 0) is 26.0 Å². The van der Waals surface area contributed by atoms with Crippen LogP contribution in [0, 0.1) is 6.92 Å². The highest BCUT2D eigenvalue weighted by Crippen LogP contribution is 2.22. The van der Waals surface area contributed by atoms with Crippen LogP contribution in [0.2, 0.25) is 0 Å². The van der Waals surface area contributed by atoms with Gasteiger partial charge in [-0.2, -0.15) is 0 Å². The van der Waals surface area contributed by atoms with E-state index >= 15 is 0 Å². The first-order chi connectivity index (χ1) is 7.70. The lowest BCUT2D eigenvalue weighted by atomic mass is 10.1. The normalized spacial score (nSPS) is 20.1. The second-order valence-corrected chi connectivity index (χ2v) is 4.53. The molecule has 1 fully saturated rings. The largest absolute Gasteiger partial charge is 0.370 e. The van der Waals surface area contributed by atoms with E-state index in [9.17, 15) is 0 Å². The zero-order chi connectivity index (χ0) is 11.5.